The van der Waals surface area contributed by atoms with E-state index in [2.05, 4.69) is 10.0 Å². The lowest BCUT2D eigenvalue weighted by Gasteiger charge is -2.18. The molecule has 0 bridgehead atoms. The van der Waals surface area contributed by atoms with E-state index in [1.54, 1.807) is 0 Å². The Balaban J connectivity index is 1.68. The van der Waals surface area contributed by atoms with Crippen LogP contribution in [0.5, 0.6) is 5.75 Å². The molecule has 0 aromatic heterocycles. The van der Waals surface area contributed by atoms with Crippen LogP contribution in [-0.2, 0) is 14.8 Å². The smallest absolute Gasteiger partial charge is 0.265 e. The zero-order valence-corrected chi connectivity index (χ0v) is 20.7. The minimum absolute atomic E-state index is 0.0232. The van der Waals surface area contributed by atoms with Crippen LogP contribution in [0.15, 0.2) is 65.6 Å². The first-order valence-corrected chi connectivity index (χ1v) is 12.4. The molecular formula is C24H24Cl2N2O4S. The number of anilines is 2. The molecule has 2 N–H and O–H groups in total. The normalized spacial score (nSPS) is 12.2. The van der Waals surface area contributed by atoms with Gasteiger partial charge in [0.25, 0.3) is 15.9 Å². The quantitative estimate of drug-likeness (QED) is 0.380. The van der Waals surface area contributed by atoms with E-state index in [1.807, 2.05) is 39.0 Å². The van der Waals surface area contributed by atoms with E-state index in [0.29, 0.717) is 27.9 Å². The highest BCUT2D eigenvalue weighted by molar-refractivity contribution is 7.92. The number of nitrogens with one attached hydrogen (secondary N) is 2. The molecular weight excluding hydrogens is 483 g/mol. The number of ether oxygens (including phenoxy) is 1. The molecule has 3 rings (SSSR count). The standard InChI is InChI=1S/C24H24Cl2N2O4S/c1-4-23(32-21-8-5-15(2)16(3)11-21)24(29)27-19-6-9-22(10-7-19)33(30,31)28-20-13-17(25)12-18(26)14-20/h5-14,23,28H,4H2,1-3H3,(H,27,29)/t23-/m0/s1. The van der Waals surface area contributed by atoms with Gasteiger partial charge in [0.05, 0.1) is 10.6 Å². The van der Waals surface area contributed by atoms with Gasteiger partial charge in [-0.25, -0.2) is 8.42 Å². The summed E-state index contributed by atoms with van der Waals surface area (Å²) in [5.41, 5.74) is 2.92. The Morgan fingerprint density at radius 2 is 1.55 bits per heavy atom. The topological polar surface area (TPSA) is 84.5 Å². The number of hydrogen-bond acceptors (Lipinski definition) is 4. The molecule has 0 radical (unpaired) electrons. The summed E-state index contributed by atoms with van der Waals surface area (Å²) in [7, 11) is -3.87. The molecule has 0 spiro atoms. The van der Waals surface area contributed by atoms with E-state index in [4.69, 9.17) is 27.9 Å². The molecule has 0 aliphatic heterocycles. The van der Waals surface area contributed by atoms with Crippen LogP contribution >= 0.6 is 23.2 Å². The SMILES string of the molecule is CC[C@H](Oc1ccc(C)c(C)c1)C(=O)Nc1ccc(S(=O)(=O)Nc2cc(Cl)cc(Cl)c2)cc1. The third-order valence-corrected chi connectivity index (χ3v) is 6.80. The zero-order valence-electron chi connectivity index (χ0n) is 18.4. The lowest BCUT2D eigenvalue weighted by molar-refractivity contribution is -0.122. The third-order valence-electron chi connectivity index (χ3n) is 4.97. The summed E-state index contributed by atoms with van der Waals surface area (Å²) < 4.78 is 33.6. The fourth-order valence-corrected chi connectivity index (χ4v) is 4.61. The number of carbonyl (C=O) groups is 1. The second-order valence-corrected chi connectivity index (χ2v) is 10.1. The van der Waals surface area contributed by atoms with Gasteiger partial charge in [0.15, 0.2) is 6.10 Å². The van der Waals surface area contributed by atoms with Crippen molar-refractivity contribution in [2.75, 3.05) is 10.0 Å². The summed E-state index contributed by atoms with van der Waals surface area (Å²) in [4.78, 5) is 12.7. The third kappa shape index (κ3) is 6.63. The Bertz CT molecular complexity index is 1240. The van der Waals surface area contributed by atoms with Crippen molar-refractivity contribution in [3.63, 3.8) is 0 Å². The van der Waals surface area contributed by atoms with Crippen molar-refractivity contribution >= 4 is 50.5 Å². The molecule has 0 aliphatic carbocycles. The number of aryl methyl sites for hydroxylation is 2. The van der Waals surface area contributed by atoms with E-state index in [9.17, 15) is 13.2 Å². The number of amides is 1. The highest BCUT2D eigenvalue weighted by Crippen LogP contribution is 2.25. The van der Waals surface area contributed by atoms with Gasteiger partial charge >= 0.3 is 0 Å². The van der Waals surface area contributed by atoms with Gasteiger partial charge in [-0.2, -0.15) is 0 Å². The minimum Gasteiger partial charge on any atom is -0.481 e. The van der Waals surface area contributed by atoms with E-state index in [1.165, 1.54) is 42.5 Å². The average molecular weight is 507 g/mol. The second-order valence-electron chi connectivity index (χ2n) is 7.54. The molecule has 9 heteroatoms. The van der Waals surface area contributed by atoms with Crippen LogP contribution in [0.4, 0.5) is 11.4 Å². The molecule has 0 fully saturated rings. The summed E-state index contributed by atoms with van der Waals surface area (Å²) in [6, 6.07) is 15.9. The first-order valence-electron chi connectivity index (χ1n) is 10.2. The highest BCUT2D eigenvalue weighted by Gasteiger charge is 2.20. The van der Waals surface area contributed by atoms with Gasteiger partial charge in [0, 0.05) is 15.7 Å². The van der Waals surface area contributed by atoms with Crippen LogP contribution in [-0.4, -0.2) is 20.4 Å². The molecule has 3 aromatic carbocycles. The predicted octanol–water partition coefficient (Wildman–Crippen LogP) is 6.21. The van der Waals surface area contributed by atoms with Crippen LogP contribution in [0.1, 0.15) is 24.5 Å². The molecule has 0 saturated carbocycles. The fraction of sp³-hybridized carbons (Fsp3) is 0.208. The lowest BCUT2D eigenvalue weighted by Crippen LogP contribution is -2.32. The van der Waals surface area contributed by atoms with Crippen molar-refractivity contribution in [3.8, 4) is 5.75 Å². The summed E-state index contributed by atoms with van der Waals surface area (Å²) in [5.74, 6) is 0.298. The van der Waals surface area contributed by atoms with Gasteiger partial charge in [-0.15, -0.1) is 0 Å². The fourth-order valence-electron chi connectivity index (χ4n) is 3.04. The number of sulfonamides is 1. The van der Waals surface area contributed by atoms with Crippen molar-refractivity contribution in [2.45, 2.75) is 38.2 Å². The van der Waals surface area contributed by atoms with Crippen LogP contribution in [0.2, 0.25) is 10.0 Å². The largest absolute Gasteiger partial charge is 0.481 e. The van der Waals surface area contributed by atoms with Crippen LogP contribution in [0.25, 0.3) is 0 Å². The summed E-state index contributed by atoms with van der Waals surface area (Å²) in [5, 5.41) is 3.39. The van der Waals surface area contributed by atoms with Crippen LogP contribution in [0.3, 0.4) is 0 Å². The molecule has 0 heterocycles. The highest BCUT2D eigenvalue weighted by atomic mass is 35.5. The van der Waals surface area contributed by atoms with Crippen LogP contribution in [0, 0.1) is 13.8 Å². The number of halogens is 2. The summed E-state index contributed by atoms with van der Waals surface area (Å²) in [6.07, 6.45) is -0.220. The number of rotatable bonds is 8. The maximum Gasteiger partial charge on any atom is 0.265 e. The van der Waals surface area contributed by atoms with E-state index in [-0.39, 0.29) is 16.5 Å². The molecule has 33 heavy (non-hydrogen) atoms. The molecule has 0 unspecified atom stereocenters. The maximum absolute atomic E-state index is 12.7. The second kappa shape index (κ2) is 10.5. The first kappa shape index (κ1) is 24.9. The van der Waals surface area contributed by atoms with Gasteiger partial charge in [-0.1, -0.05) is 36.2 Å². The minimum atomic E-state index is -3.87. The molecule has 3 aromatic rings. The average Bonchev–Trinajstić information content (AvgIpc) is 2.73. The maximum atomic E-state index is 12.7. The number of benzene rings is 3. The van der Waals surface area contributed by atoms with Crippen LogP contribution < -0.4 is 14.8 Å². The Morgan fingerprint density at radius 3 is 2.12 bits per heavy atom. The molecule has 1 atom stereocenters. The van der Waals surface area contributed by atoms with E-state index >= 15 is 0 Å². The Morgan fingerprint density at radius 1 is 0.909 bits per heavy atom. The van der Waals surface area contributed by atoms with Crippen molar-refractivity contribution < 1.29 is 17.9 Å². The molecule has 0 aliphatic rings. The van der Waals surface area contributed by atoms with Gasteiger partial charge < -0.3 is 10.1 Å². The molecule has 6 nitrogen and oxygen atoms in total. The Labute approximate surface area is 203 Å². The van der Waals surface area contributed by atoms with E-state index < -0.39 is 16.1 Å². The molecule has 174 valence electrons. The number of hydrogen-bond donors (Lipinski definition) is 2. The first-order chi connectivity index (χ1) is 15.6. The van der Waals surface area contributed by atoms with E-state index in [0.717, 1.165) is 11.1 Å². The summed E-state index contributed by atoms with van der Waals surface area (Å²) >= 11 is 11.9. The monoisotopic (exact) mass is 506 g/mol. The Hall–Kier alpha value is -2.74. The molecule has 1 amide bonds. The van der Waals surface area contributed by atoms with Crippen molar-refractivity contribution in [3.05, 3.63) is 81.8 Å². The van der Waals surface area contributed by atoms with Crippen molar-refractivity contribution in [1.29, 1.82) is 0 Å². The van der Waals surface area contributed by atoms with Gasteiger partial charge in [0.1, 0.15) is 5.75 Å². The summed E-state index contributed by atoms with van der Waals surface area (Å²) in [6.45, 7) is 5.84. The van der Waals surface area contributed by atoms with Gasteiger partial charge in [0.2, 0.25) is 0 Å². The number of carbonyl (C=O) groups excluding carboxylic acids is 1. The lowest BCUT2D eigenvalue weighted by atomic mass is 10.1. The van der Waals surface area contributed by atoms with Crippen molar-refractivity contribution in [2.24, 2.45) is 0 Å². The Kier molecular flexibility index (Phi) is 7.89. The van der Waals surface area contributed by atoms with Gasteiger partial charge in [-0.05, 0) is 86.0 Å². The molecule has 0 saturated heterocycles. The van der Waals surface area contributed by atoms with Gasteiger partial charge in [-0.3, -0.25) is 9.52 Å². The van der Waals surface area contributed by atoms with Crippen molar-refractivity contribution in [1.82, 2.24) is 0 Å². The zero-order chi connectivity index (χ0) is 24.2. The predicted molar refractivity (Wildman–Crippen MR) is 133 cm³/mol.